The maximum absolute atomic E-state index is 13.8. The van der Waals surface area contributed by atoms with Gasteiger partial charge in [-0.25, -0.2) is 4.39 Å². The van der Waals surface area contributed by atoms with Gasteiger partial charge in [0.05, 0.1) is 26.8 Å². The SMILES string of the molecule is CN=C(NCC(C)Oc1ccccc1F)NCC(c1ccc(OC)c(OC)c1)N(C)C. The zero-order chi connectivity index (χ0) is 22.8. The molecule has 2 rings (SSSR count). The molecule has 0 saturated heterocycles. The van der Waals surface area contributed by atoms with Crippen LogP contribution in [-0.4, -0.2) is 65.4 Å². The molecule has 0 heterocycles. The van der Waals surface area contributed by atoms with E-state index in [0.717, 1.165) is 5.56 Å². The molecule has 0 saturated carbocycles. The highest BCUT2D eigenvalue weighted by molar-refractivity contribution is 5.79. The Morgan fingerprint density at radius 1 is 1.00 bits per heavy atom. The fraction of sp³-hybridized carbons (Fsp3) is 0.435. The van der Waals surface area contributed by atoms with Crippen molar-refractivity contribution in [3.8, 4) is 17.2 Å². The molecule has 31 heavy (non-hydrogen) atoms. The number of guanidine groups is 1. The lowest BCUT2D eigenvalue weighted by Crippen LogP contribution is -2.44. The zero-order valence-electron chi connectivity index (χ0n) is 19.1. The molecule has 2 aromatic rings. The number of aliphatic imine (C=N–C) groups is 1. The molecule has 2 unspecified atom stereocenters. The molecule has 0 aliphatic rings. The molecule has 0 spiro atoms. The van der Waals surface area contributed by atoms with Gasteiger partial charge in [-0.3, -0.25) is 4.99 Å². The molecule has 8 heteroatoms. The van der Waals surface area contributed by atoms with Crippen LogP contribution < -0.4 is 24.8 Å². The Balaban J connectivity index is 1.95. The van der Waals surface area contributed by atoms with Gasteiger partial charge in [0.2, 0.25) is 0 Å². The summed E-state index contributed by atoms with van der Waals surface area (Å²) in [7, 11) is 8.99. The average Bonchev–Trinajstić information content (AvgIpc) is 2.77. The number of hydrogen-bond acceptors (Lipinski definition) is 5. The summed E-state index contributed by atoms with van der Waals surface area (Å²) in [5.74, 6) is 1.88. The van der Waals surface area contributed by atoms with Crippen LogP contribution in [0.25, 0.3) is 0 Å². The summed E-state index contributed by atoms with van der Waals surface area (Å²) in [6, 6.07) is 12.4. The predicted molar refractivity (Wildman–Crippen MR) is 122 cm³/mol. The van der Waals surface area contributed by atoms with Crippen LogP contribution in [0.1, 0.15) is 18.5 Å². The van der Waals surface area contributed by atoms with Crippen molar-refractivity contribution in [2.24, 2.45) is 4.99 Å². The number of halogens is 1. The van der Waals surface area contributed by atoms with Crippen molar-refractivity contribution in [3.63, 3.8) is 0 Å². The first kappa shape index (κ1) is 24.3. The van der Waals surface area contributed by atoms with Gasteiger partial charge in [-0.2, -0.15) is 0 Å². The van der Waals surface area contributed by atoms with Gasteiger partial charge in [-0.1, -0.05) is 18.2 Å². The lowest BCUT2D eigenvalue weighted by Gasteiger charge is -2.27. The fourth-order valence-corrected chi connectivity index (χ4v) is 3.11. The highest BCUT2D eigenvalue weighted by Crippen LogP contribution is 2.31. The minimum absolute atomic E-state index is 0.0745. The van der Waals surface area contributed by atoms with E-state index in [1.165, 1.54) is 6.07 Å². The molecule has 0 bridgehead atoms. The van der Waals surface area contributed by atoms with Crippen molar-refractivity contribution in [2.75, 3.05) is 48.5 Å². The van der Waals surface area contributed by atoms with E-state index in [1.54, 1.807) is 39.5 Å². The standard InChI is InChI=1S/C23H33FN4O3/c1-16(31-20-10-8-7-9-18(20)24)14-26-23(25-2)27-15-19(28(3)4)17-11-12-21(29-5)22(13-17)30-6/h7-13,16,19H,14-15H2,1-6H3,(H2,25,26,27). The number of nitrogens with zero attached hydrogens (tertiary/aromatic N) is 2. The number of hydrogen-bond donors (Lipinski definition) is 2. The molecule has 2 aromatic carbocycles. The molecule has 0 aliphatic heterocycles. The van der Waals surface area contributed by atoms with Crippen molar-refractivity contribution < 1.29 is 18.6 Å². The fourth-order valence-electron chi connectivity index (χ4n) is 3.11. The molecule has 0 aromatic heterocycles. The normalized spacial score (nSPS) is 13.5. The lowest BCUT2D eigenvalue weighted by atomic mass is 10.1. The van der Waals surface area contributed by atoms with Crippen molar-refractivity contribution in [1.82, 2.24) is 15.5 Å². The van der Waals surface area contributed by atoms with E-state index in [4.69, 9.17) is 14.2 Å². The van der Waals surface area contributed by atoms with E-state index >= 15 is 0 Å². The number of benzene rings is 2. The van der Waals surface area contributed by atoms with Gasteiger partial charge >= 0.3 is 0 Å². The number of rotatable bonds is 10. The second kappa shape index (κ2) is 12.0. The van der Waals surface area contributed by atoms with E-state index in [-0.39, 0.29) is 23.7 Å². The second-order valence-electron chi connectivity index (χ2n) is 7.29. The van der Waals surface area contributed by atoms with Crippen molar-refractivity contribution in [1.29, 1.82) is 0 Å². The summed E-state index contributed by atoms with van der Waals surface area (Å²) in [6.45, 7) is 2.96. The Kier molecular flexibility index (Phi) is 9.40. The van der Waals surface area contributed by atoms with E-state index in [2.05, 4.69) is 20.5 Å². The maximum atomic E-state index is 13.8. The molecule has 7 nitrogen and oxygen atoms in total. The Morgan fingerprint density at radius 3 is 2.29 bits per heavy atom. The van der Waals surface area contributed by atoms with Crippen molar-refractivity contribution in [3.05, 3.63) is 53.8 Å². The molecule has 2 N–H and O–H groups in total. The Hall–Kier alpha value is -3.00. The highest BCUT2D eigenvalue weighted by atomic mass is 19.1. The molecular formula is C23H33FN4O3. The van der Waals surface area contributed by atoms with E-state index in [9.17, 15) is 4.39 Å². The third-order valence-electron chi connectivity index (χ3n) is 4.82. The monoisotopic (exact) mass is 432 g/mol. The Morgan fingerprint density at radius 2 is 1.68 bits per heavy atom. The first-order chi connectivity index (χ1) is 14.9. The number of methoxy groups -OCH3 is 2. The van der Waals surface area contributed by atoms with Crippen LogP contribution in [-0.2, 0) is 0 Å². The zero-order valence-corrected chi connectivity index (χ0v) is 19.1. The largest absolute Gasteiger partial charge is 0.493 e. The Bertz CT molecular complexity index is 860. The number of nitrogens with one attached hydrogen (secondary N) is 2. The molecule has 2 atom stereocenters. The van der Waals surface area contributed by atoms with Gasteiger partial charge in [0.15, 0.2) is 29.0 Å². The molecule has 0 aliphatic carbocycles. The van der Waals surface area contributed by atoms with Gasteiger partial charge in [-0.15, -0.1) is 0 Å². The van der Waals surface area contributed by atoms with Gasteiger partial charge in [-0.05, 0) is 50.8 Å². The summed E-state index contributed by atoms with van der Waals surface area (Å²) in [4.78, 5) is 6.39. The molecule has 0 amide bonds. The van der Waals surface area contributed by atoms with E-state index < -0.39 is 0 Å². The minimum Gasteiger partial charge on any atom is -0.493 e. The topological polar surface area (TPSA) is 67.4 Å². The van der Waals surface area contributed by atoms with Gasteiger partial charge in [0, 0.05) is 13.6 Å². The van der Waals surface area contributed by atoms with Crippen LogP contribution in [0.4, 0.5) is 4.39 Å². The molecule has 0 radical (unpaired) electrons. The summed E-state index contributed by atoms with van der Waals surface area (Å²) < 4.78 is 30.2. The summed E-state index contributed by atoms with van der Waals surface area (Å²) in [5.41, 5.74) is 1.09. The van der Waals surface area contributed by atoms with Crippen LogP contribution in [0.2, 0.25) is 0 Å². The summed E-state index contributed by atoms with van der Waals surface area (Å²) >= 11 is 0. The van der Waals surface area contributed by atoms with Crippen LogP contribution >= 0.6 is 0 Å². The smallest absolute Gasteiger partial charge is 0.191 e. The van der Waals surface area contributed by atoms with Gasteiger partial charge < -0.3 is 29.7 Å². The third kappa shape index (κ3) is 7.03. The quantitative estimate of drug-likeness (QED) is 0.444. The Labute approximate surface area is 184 Å². The highest BCUT2D eigenvalue weighted by Gasteiger charge is 2.17. The van der Waals surface area contributed by atoms with Crippen molar-refractivity contribution >= 4 is 5.96 Å². The molecule has 170 valence electrons. The number of likely N-dealkylation sites (N-methyl/N-ethyl adjacent to an activating group) is 1. The maximum Gasteiger partial charge on any atom is 0.191 e. The predicted octanol–water partition coefficient (Wildman–Crippen LogP) is 3.08. The first-order valence-corrected chi connectivity index (χ1v) is 10.1. The summed E-state index contributed by atoms with van der Waals surface area (Å²) in [6.07, 6.45) is -0.244. The summed E-state index contributed by atoms with van der Waals surface area (Å²) in [5, 5.41) is 6.57. The van der Waals surface area contributed by atoms with Crippen LogP contribution in [0.3, 0.4) is 0 Å². The van der Waals surface area contributed by atoms with E-state index in [1.807, 2.05) is 39.2 Å². The van der Waals surface area contributed by atoms with Gasteiger partial charge in [0.1, 0.15) is 6.10 Å². The first-order valence-electron chi connectivity index (χ1n) is 10.1. The van der Waals surface area contributed by atoms with E-state index in [0.29, 0.717) is 30.5 Å². The van der Waals surface area contributed by atoms with Gasteiger partial charge in [0.25, 0.3) is 0 Å². The molecule has 0 fully saturated rings. The third-order valence-corrected chi connectivity index (χ3v) is 4.82. The van der Waals surface area contributed by atoms with Crippen LogP contribution in [0.5, 0.6) is 17.2 Å². The second-order valence-corrected chi connectivity index (χ2v) is 7.29. The lowest BCUT2D eigenvalue weighted by molar-refractivity contribution is 0.213. The minimum atomic E-state index is -0.374. The molecular weight excluding hydrogens is 399 g/mol. The van der Waals surface area contributed by atoms with Crippen molar-refractivity contribution in [2.45, 2.75) is 19.1 Å². The number of ether oxygens (including phenoxy) is 3. The average molecular weight is 433 g/mol. The van der Waals surface area contributed by atoms with Crippen LogP contribution in [0.15, 0.2) is 47.5 Å². The van der Waals surface area contributed by atoms with Crippen LogP contribution in [0, 0.1) is 5.82 Å². The number of para-hydroxylation sites is 1.